The van der Waals surface area contributed by atoms with Crippen molar-refractivity contribution in [2.24, 2.45) is 0 Å². The molecule has 0 amide bonds. The number of hydrogen-bond donors (Lipinski definition) is 2. The Hall–Kier alpha value is -2.81. The molecule has 3 rings (SSSR count). The second-order valence-corrected chi connectivity index (χ2v) is 4.55. The van der Waals surface area contributed by atoms with Gasteiger partial charge in [-0.15, -0.1) is 0 Å². The third-order valence-electron chi connectivity index (χ3n) is 3.15. The first-order valence-electron chi connectivity index (χ1n) is 6.35. The van der Waals surface area contributed by atoms with E-state index < -0.39 is 0 Å². The summed E-state index contributed by atoms with van der Waals surface area (Å²) < 4.78 is 0. The smallest absolute Gasteiger partial charge is 0.141 e. The molecule has 0 bridgehead atoms. The molecular formula is C17H14N2O. The van der Waals surface area contributed by atoms with Gasteiger partial charge in [0.05, 0.1) is 5.69 Å². The first kappa shape index (κ1) is 12.2. The third kappa shape index (κ3) is 2.34. The van der Waals surface area contributed by atoms with Crippen molar-refractivity contribution in [2.75, 3.05) is 5.73 Å². The van der Waals surface area contributed by atoms with Crippen LogP contribution in [0, 0.1) is 0 Å². The van der Waals surface area contributed by atoms with E-state index in [4.69, 9.17) is 5.73 Å². The number of nitrogens with zero attached hydrogens (tertiary/aromatic N) is 1. The SMILES string of the molecule is Nc1ccccc1C=Cc1ccc2cccc(O)c2n1. The predicted molar refractivity (Wildman–Crippen MR) is 83.2 cm³/mol. The molecule has 0 radical (unpaired) electrons. The van der Waals surface area contributed by atoms with Gasteiger partial charge in [-0.3, -0.25) is 0 Å². The second-order valence-electron chi connectivity index (χ2n) is 4.55. The van der Waals surface area contributed by atoms with Crippen molar-refractivity contribution in [2.45, 2.75) is 0 Å². The van der Waals surface area contributed by atoms with Gasteiger partial charge in [0.1, 0.15) is 11.3 Å². The van der Waals surface area contributed by atoms with Crippen LogP contribution in [0.25, 0.3) is 23.1 Å². The van der Waals surface area contributed by atoms with E-state index in [1.165, 1.54) is 0 Å². The fraction of sp³-hybridized carbons (Fsp3) is 0. The van der Waals surface area contributed by atoms with E-state index in [-0.39, 0.29) is 5.75 Å². The molecule has 2 aromatic carbocycles. The summed E-state index contributed by atoms with van der Waals surface area (Å²) in [5.74, 6) is 0.192. The number of nitrogen functional groups attached to an aromatic ring is 1. The highest BCUT2D eigenvalue weighted by Crippen LogP contribution is 2.23. The number of aromatic nitrogens is 1. The topological polar surface area (TPSA) is 59.1 Å². The molecule has 3 aromatic rings. The molecule has 0 saturated carbocycles. The number of benzene rings is 2. The van der Waals surface area contributed by atoms with Gasteiger partial charge in [0.2, 0.25) is 0 Å². The Morgan fingerprint density at radius 3 is 2.60 bits per heavy atom. The molecule has 0 unspecified atom stereocenters. The van der Waals surface area contributed by atoms with Crippen LogP contribution in [0.5, 0.6) is 5.75 Å². The first-order valence-corrected chi connectivity index (χ1v) is 6.35. The molecule has 3 heteroatoms. The number of phenolic OH excluding ortho intramolecular Hbond substituents is 1. The zero-order valence-electron chi connectivity index (χ0n) is 10.8. The van der Waals surface area contributed by atoms with E-state index in [1.807, 2.05) is 54.6 Å². The fourth-order valence-electron chi connectivity index (χ4n) is 2.08. The summed E-state index contributed by atoms with van der Waals surface area (Å²) >= 11 is 0. The standard InChI is InChI=1S/C17H14N2O/c18-15-6-2-1-4-12(15)8-10-14-11-9-13-5-3-7-16(20)17(13)19-14/h1-11,20H,18H2. The predicted octanol–water partition coefficient (Wildman–Crippen LogP) is 3.69. The minimum atomic E-state index is 0.192. The van der Waals surface area contributed by atoms with Gasteiger partial charge in [0.25, 0.3) is 0 Å². The van der Waals surface area contributed by atoms with E-state index in [1.54, 1.807) is 12.1 Å². The first-order chi connectivity index (χ1) is 9.74. The van der Waals surface area contributed by atoms with Crippen LogP contribution in [0.4, 0.5) is 5.69 Å². The average Bonchev–Trinajstić information content (AvgIpc) is 2.47. The van der Waals surface area contributed by atoms with Crippen LogP contribution in [0.1, 0.15) is 11.3 Å². The quantitative estimate of drug-likeness (QED) is 0.692. The Labute approximate surface area is 117 Å². The normalized spacial score (nSPS) is 11.2. The number of hydrogen-bond acceptors (Lipinski definition) is 3. The van der Waals surface area contributed by atoms with Crippen LogP contribution in [-0.2, 0) is 0 Å². The number of pyridine rings is 1. The van der Waals surface area contributed by atoms with E-state index in [0.717, 1.165) is 22.3 Å². The number of rotatable bonds is 2. The van der Waals surface area contributed by atoms with Gasteiger partial charge in [-0.1, -0.05) is 42.5 Å². The van der Waals surface area contributed by atoms with Crippen molar-refractivity contribution in [1.82, 2.24) is 4.98 Å². The Bertz CT molecular complexity index is 794. The maximum Gasteiger partial charge on any atom is 0.141 e. The lowest BCUT2D eigenvalue weighted by molar-refractivity contribution is 0.480. The van der Waals surface area contributed by atoms with Crippen LogP contribution in [0.15, 0.2) is 54.6 Å². The number of fused-ring (bicyclic) bond motifs is 1. The van der Waals surface area contributed by atoms with Crippen molar-refractivity contribution in [3.8, 4) is 5.75 Å². The molecule has 20 heavy (non-hydrogen) atoms. The monoisotopic (exact) mass is 262 g/mol. The Morgan fingerprint density at radius 2 is 1.75 bits per heavy atom. The van der Waals surface area contributed by atoms with Gasteiger partial charge in [-0.25, -0.2) is 4.98 Å². The largest absolute Gasteiger partial charge is 0.506 e. The summed E-state index contributed by atoms with van der Waals surface area (Å²) in [4.78, 5) is 4.44. The van der Waals surface area contributed by atoms with Crippen LogP contribution in [0.3, 0.4) is 0 Å². The van der Waals surface area contributed by atoms with Crippen LogP contribution in [0.2, 0.25) is 0 Å². The Morgan fingerprint density at radius 1 is 0.900 bits per heavy atom. The fourth-order valence-corrected chi connectivity index (χ4v) is 2.08. The van der Waals surface area contributed by atoms with E-state index in [2.05, 4.69) is 4.98 Å². The molecule has 0 fully saturated rings. The van der Waals surface area contributed by atoms with E-state index >= 15 is 0 Å². The van der Waals surface area contributed by atoms with Crippen LogP contribution >= 0.6 is 0 Å². The zero-order chi connectivity index (χ0) is 13.9. The van der Waals surface area contributed by atoms with Crippen LogP contribution < -0.4 is 5.73 Å². The summed E-state index contributed by atoms with van der Waals surface area (Å²) in [6, 6.07) is 16.9. The molecule has 0 aliphatic carbocycles. The highest BCUT2D eigenvalue weighted by molar-refractivity contribution is 5.86. The summed E-state index contributed by atoms with van der Waals surface area (Å²) in [6.07, 6.45) is 3.81. The molecular weight excluding hydrogens is 248 g/mol. The average molecular weight is 262 g/mol. The molecule has 0 atom stereocenters. The molecule has 0 saturated heterocycles. The summed E-state index contributed by atoms with van der Waals surface area (Å²) in [5, 5.41) is 10.7. The van der Waals surface area contributed by atoms with Crippen molar-refractivity contribution >= 4 is 28.7 Å². The zero-order valence-corrected chi connectivity index (χ0v) is 10.8. The lowest BCUT2D eigenvalue weighted by atomic mass is 10.1. The minimum Gasteiger partial charge on any atom is -0.506 e. The highest BCUT2D eigenvalue weighted by atomic mass is 16.3. The van der Waals surface area contributed by atoms with Crippen molar-refractivity contribution < 1.29 is 5.11 Å². The van der Waals surface area contributed by atoms with Crippen molar-refractivity contribution in [1.29, 1.82) is 0 Å². The molecule has 0 aliphatic heterocycles. The molecule has 3 nitrogen and oxygen atoms in total. The summed E-state index contributed by atoms with van der Waals surface area (Å²) in [7, 11) is 0. The summed E-state index contributed by atoms with van der Waals surface area (Å²) in [5.41, 5.74) is 8.95. The molecule has 3 N–H and O–H groups in total. The summed E-state index contributed by atoms with van der Waals surface area (Å²) in [6.45, 7) is 0. The minimum absolute atomic E-state index is 0.192. The number of aromatic hydroxyl groups is 1. The number of anilines is 1. The van der Waals surface area contributed by atoms with E-state index in [9.17, 15) is 5.11 Å². The van der Waals surface area contributed by atoms with Gasteiger partial charge in [0, 0.05) is 11.1 Å². The van der Waals surface area contributed by atoms with Gasteiger partial charge >= 0.3 is 0 Å². The Kier molecular flexibility index (Phi) is 3.09. The maximum absolute atomic E-state index is 9.82. The van der Waals surface area contributed by atoms with Gasteiger partial charge < -0.3 is 10.8 Å². The lowest BCUT2D eigenvalue weighted by Crippen LogP contribution is -1.88. The molecule has 0 spiro atoms. The van der Waals surface area contributed by atoms with Crippen molar-refractivity contribution in [3.63, 3.8) is 0 Å². The third-order valence-corrected chi connectivity index (χ3v) is 3.15. The van der Waals surface area contributed by atoms with Gasteiger partial charge in [0.15, 0.2) is 0 Å². The molecule has 1 aromatic heterocycles. The van der Waals surface area contributed by atoms with E-state index in [0.29, 0.717) is 5.52 Å². The van der Waals surface area contributed by atoms with Crippen molar-refractivity contribution in [3.05, 3.63) is 65.9 Å². The second kappa shape index (κ2) is 5.05. The lowest BCUT2D eigenvalue weighted by Gasteiger charge is -2.02. The molecule has 1 heterocycles. The number of para-hydroxylation sites is 2. The van der Waals surface area contributed by atoms with Gasteiger partial charge in [-0.2, -0.15) is 0 Å². The molecule has 0 aliphatic rings. The van der Waals surface area contributed by atoms with Gasteiger partial charge in [-0.05, 0) is 29.8 Å². The van der Waals surface area contributed by atoms with Crippen LogP contribution in [-0.4, -0.2) is 10.1 Å². The maximum atomic E-state index is 9.82. The molecule has 98 valence electrons. The number of nitrogens with two attached hydrogens (primary N) is 1. The highest BCUT2D eigenvalue weighted by Gasteiger charge is 2.01. The Balaban J connectivity index is 1.99. The number of phenols is 1.